The van der Waals surface area contributed by atoms with E-state index >= 15 is 0 Å². The molecule has 3 heteroatoms. The Labute approximate surface area is 97.4 Å². The summed E-state index contributed by atoms with van der Waals surface area (Å²) in [7, 11) is 0. The highest BCUT2D eigenvalue weighted by atomic mass is 16.3. The van der Waals surface area contributed by atoms with Gasteiger partial charge in [-0.1, -0.05) is 12.8 Å². The lowest BCUT2D eigenvalue weighted by atomic mass is 9.60. The summed E-state index contributed by atoms with van der Waals surface area (Å²) in [6.07, 6.45) is 6.64. The van der Waals surface area contributed by atoms with Gasteiger partial charge in [-0.25, -0.2) is 0 Å². The van der Waals surface area contributed by atoms with Crippen molar-refractivity contribution in [3.8, 4) is 0 Å². The average Bonchev–Trinajstić information content (AvgIpc) is 2.80. The fraction of sp³-hybridized carbons (Fsp3) is 1.00. The second kappa shape index (κ2) is 3.69. The molecule has 1 unspecified atom stereocenters. The van der Waals surface area contributed by atoms with E-state index in [9.17, 15) is 10.2 Å². The van der Waals surface area contributed by atoms with Crippen LogP contribution >= 0.6 is 0 Å². The Hall–Kier alpha value is -0.120. The van der Waals surface area contributed by atoms with Crippen molar-refractivity contribution < 1.29 is 10.2 Å². The number of fused-ring (bicyclic) bond motifs is 3. The van der Waals surface area contributed by atoms with E-state index in [1.165, 1.54) is 12.8 Å². The fourth-order valence-corrected chi connectivity index (χ4v) is 4.42. The first kappa shape index (κ1) is 11.0. The second-order valence-corrected chi connectivity index (χ2v) is 6.12. The number of piperidine rings is 3. The predicted molar refractivity (Wildman–Crippen MR) is 62.1 cm³/mol. The SMILES string of the molecule is OCC1(C2(O)CN3CCC2CC3)CCCC1. The molecule has 1 saturated carbocycles. The number of aliphatic hydroxyl groups is 2. The molecule has 0 radical (unpaired) electrons. The normalized spacial score (nSPS) is 46.1. The average molecular weight is 225 g/mol. The molecule has 0 aromatic carbocycles. The molecule has 0 spiro atoms. The quantitative estimate of drug-likeness (QED) is 0.737. The lowest BCUT2D eigenvalue weighted by molar-refractivity contribution is -0.197. The molecule has 0 amide bonds. The van der Waals surface area contributed by atoms with E-state index < -0.39 is 5.60 Å². The molecule has 16 heavy (non-hydrogen) atoms. The van der Waals surface area contributed by atoms with Gasteiger partial charge >= 0.3 is 0 Å². The first-order valence-corrected chi connectivity index (χ1v) is 6.76. The highest BCUT2D eigenvalue weighted by molar-refractivity contribution is 5.10. The summed E-state index contributed by atoms with van der Waals surface area (Å²) in [4.78, 5) is 2.38. The van der Waals surface area contributed by atoms with E-state index in [2.05, 4.69) is 4.90 Å². The molecule has 2 N–H and O–H groups in total. The van der Waals surface area contributed by atoms with Crippen molar-refractivity contribution in [1.82, 2.24) is 4.90 Å². The third-order valence-corrected chi connectivity index (χ3v) is 5.51. The van der Waals surface area contributed by atoms with E-state index in [0.29, 0.717) is 5.92 Å². The molecular weight excluding hydrogens is 202 g/mol. The summed E-state index contributed by atoms with van der Waals surface area (Å²) < 4.78 is 0. The van der Waals surface area contributed by atoms with Gasteiger partial charge in [0.25, 0.3) is 0 Å². The number of hydrogen-bond acceptors (Lipinski definition) is 3. The van der Waals surface area contributed by atoms with Gasteiger partial charge in [-0.2, -0.15) is 0 Å². The van der Waals surface area contributed by atoms with E-state index in [0.717, 1.165) is 45.3 Å². The van der Waals surface area contributed by atoms with E-state index in [1.54, 1.807) is 0 Å². The summed E-state index contributed by atoms with van der Waals surface area (Å²) >= 11 is 0. The van der Waals surface area contributed by atoms with E-state index in [1.807, 2.05) is 0 Å². The van der Waals surface area contributed by atoms with Gasteiger partial charge in [-0.05, 0) is 44.7 Å². The van der Waals surface area contributed by atoms with Gasteiger partial charge in [0.15, 0.2) is 0 Å². The van der Waals surface area contributed by atoms with Gasteiger partial charge in [0.2, 0.25) is 0 Å². The largest absolute Gasteiger partial charge is 0.396 e. The topological polar surface area (TPSA) is 43.7 Å². The van der Waals surface area contributed by atoms with Crippen LogP contribution in [0.5, 0.6) is 0 Å². The number of rotatable bonds is 2. The number of hydrogen-bond donors (Lipinski definition) is 2. The summed E-state index contributed by atoms with van der Waals surface area (Å²) in [6.45, 7) is 3.27. The first-order chi connectivity index (χ1) is 7.70. The van der Waals surface area contributed by atoms with Gasteiger partial charge in [0.1, 0.15) is 0 Å². The smallest absolute Gasteiger partial charge is 0.0880 e. The second-order valence-electron chi connectivity index (χ2n) is 6.12. The molecule has 3 saturated heterocycles. The monoisotopic (exact) mass is 225 g/mol. The maximum atomic E-state index is 11.1. The van der Waals surface area contributed by atoms with Crippen molar-refractivity contribution in [2.45, 2.75) is 44.1 Å². The molecular formula is C13H23NO2. The van der Waals surface area contributed by atoms with Gasteiger partial charge in [0, 0.05) is 12.0 Å². The number of aliphatic hydroxyl groups excluding tert-OH is 1. The maximum absolute atomic E-state index is 11.1. The molecule has 92 valence electrons. The molecule has 0 aromatic rings. The third-order valence-electron chi connectivity index (χ3n) is 5.51. The van der Waals surface area contributed by atoms with Crippen LogP contribution in [0.2, 0.25) is 0 Å². The van der Waals surface area contributed by atoms with Gasteiger partial charge in [-0.15, -0.1) is 0 Å². The molecule has 0 aromatic heterocycles. The zero-order valence-electron chi connectivity index (χ0n) is 9.99. The van der Waals surface area contributed by atoms with Crippen LogP contribution in [0.3, 0.4) is 0 Å². The van der Waals surface area contributed by atoms with Crippen LogP contribution in [0, 0.1) is 11.3 Å². The summed E-state index contributed by atoms with van der Waals surface area (Å²) in [5.74, 6) is 0.433. The van der Waals surface area contributed by atoms with Crippen LogP contribution < -0.4 is 0 Å². The molecule has 3 nitrogen and oxygen atoms in total. The van der Waals surface area contributed by atoms with E-state index in [4.69, 9.17) is 0 Å². The van der Waals surface area contributed by atoms with Crippen LogP contribution in [-0.2, 0) is 0 Å². The highest BCUT2D eigenvalue weighted by Crippen LogP contribution is 2.53. The zero-order valence-corrected chi connectivity index (χ0v) is 9.99. The van der Waals surface area contributed by atoms with Crippen molar-refractivity contribution in [3.63, 3.8) is 0 Å². The van der Waals surface area contributed by atoms with Crippen LogP contribution in [0.1, 0.15) is 38.5 Å². The summed E-state index contributed by atoms with van der Waals surface area (Å²) in [5.41, 5.74) is -0.786. The molecule has 3 aliphatic heterocycles. The fourth-order valence-electron chi connectivity index (χ4n) is 4.42. The summed E-state index contributed by atoms with van der Waals surface area (Å²) in [5, 5.41) is 20.9. The maximum Gasteiger partial charge on any atom is 0.0880 e. The lowest BCUT2D eigenvalue weighted by Gasteiger charge is -2.57. The first-order valence-electron chi connectivity index (χ1n) is 6.76. The Balaban J connectivity index is 1.91. The van der Waals surface area contributed by atoms with Crippen molar-refractivity contribution in [3.05, 3.63) is 0 Å². The molecule has 1 atom stereocenters. The zero-order chi connectivity index (χ0) is 11.2. The lowest BCUT2D eigenvalue weighted by Crippen LogP contribution is -2.67. The van der Waals surface area contributed by atoms with E-state index in [-0.39, 0.29) is 12.0 Å². The Morgan fingerprint density at radius 3 is 2.19 bits per heavy atom. The Kier molecular flexibility index (Phi) is 2.54. The van der Waals surface area contributed by atoms with Crippen LogP contribution in [0.15, 0.2) is 0 Å². The Morgan fingerprint density at radius 2 is 1.75 bits per heavy atom. The molecule has 4 fully saturated rings. The Morgan fingerprint density at radius 1 is 1.12 bits per heavy atom. The van der Waals surface area contributed by atoms with Crippen LogP contribution in [0.25, 0.3) is 0 Å². The molecule has 2 bridgehead atoms. The molecule has 1 aliphatic carbocycles. The minimum absolute atomic E-state index is 0.174. The minimum Gasteiger partial charge on any atom is -0.396 e. The standard InChI is InChI=1S/C13H23NO2/c15-10-12(5-1-2-6-12)13(16)9-14-7-3-11(13)4-8-14/h11,15-16H,1-10H2. The predicted octanol–water partition coefficient (Wildman–Crippen LogP) is 0.996. The minimum atomic E-state index is -0.602. The number of nitrogens with zero attached hydrogens (tertiary/aromatic N) is 1. The van der Waals surface area contributed by atoms with Crippen LogP contribution in [-0.4, -0.2) is 47.0 Å². The van der Waals surface area contributed by atoms with Gasteiger partial charge in [-0.3, -0.25) is 0 Å². The van der Waals surface area contributed by atoms with Crippen LogP contribution in [0.4, 0.5) is 0 Å². The van der Waals surface area contributed by atoms with Crippen molar-refractivity contribution in [2.24, 2.45) is 11.3 Å². The molecule has 3 heterocycles. The summed E-state index contributed by atoms with van der Waals surface area (Å²) in [6, 6.07) is 0. The van der Waals surface area contributed by atoms with Crippen molar-refractivity contribution >= 4 is 0 Å². The van der Waals surface area contributed by atoms with Crippen molar-refractivity contribution in [1.29, 1.82) is 0 Å². The van der Waals surface area contributed by atoms with Gasteiger partial charge in [0.05, 0.1) is 12.2 Å². The Bertz CT molecular complexity index is 267. The highest BCUT2D eigenvalue weighted by Gasteiger charge is 2.58. The molecule has 4 rings (SSSR count). The van der Waals surface area contributed by atoms with Crippen molar-refractivity contribution in [2.75, 3.05) is 26.2 Å². The third kappa shape index (κ3) is 1.31. The molecule has 4 aliphatic rings. The van der Waals surface area contributed by atoms with Gasteiger partial charge < -0.3 is 15.1 Å².